The molecule has 1 atom stereocenters. The van der Waals surface area contributed by atoms with Crippen molar-refractivity contribution in [3.05, 3.63) is 40.1 Å². The van der Waals surface area contributed by atoms with Crippen molar-refractivity contribution in [1.82, 2.24) is 4.98 Å². The van der Waals surface area contributed by atoms with Gasteiger partial charge in [-0.3, -0.25) is 14.9 Å². The fraction of sp³-hybridized carbons (Fsp3) is 0.250. The van der Waals surface area contributed by atoms with Gasteiger partial charge in [-0.2, -0.15) is 0 Å². The van der Waals surface area contributed by atoms with Gasteiger partial charge in [0.2, 0.25) is 0 Å². The number of aromatic nitrogens is 1. The maximum absolute atomic E-state index is 11.3. The molecular formula is C12H13N3O4. The number of nitro groups is 1. The lowest BCUT2D eigenvalue weighted by atomic mass is 10.1. The molecule has 0 aliphatic carbocycles. The van der Waals surface area contributed by atoms with Crippen LogP contribution in [-0.4, -0.2) is 29.0 Å². The number of esters is 1. The predicted octanol–water partition coefficient (Wildman–Crippen LogP) is 1.12. The molecule has 7 nitrogen and oxygen atoms in total. The molecule has 0 spiro atoms. The van der Waals surface area contributed by atoms with E-state index < -0.39 is 16.9 Å². The second-order valence-corrected chi connectivity index (χ2v) is 4.10. The number of rotatable bonds is 4. The monoisotopic (exact) mass is 263 g/mol. The molecule has 0 aliphatic rings. The standard InChI is InChI=1S/C12H13N3O4/c1-19-12(16)9(13)5-7-6-14-11-8(7)3-2-4-10(11)15(17)18/h2-4,6,9,14H,5,13H2,1H3. The first kappa shape index (κ1) is 13.0. The second kappa shape index (κ2) is 5.07. The Balaban J connectivity index is 2.39. The van der Waals surface area contributed by atoms with Gasteiger partial charge in [-0.1, -0.05) is 12.1 Å². The molecule has 19 heavy (non-hydrogen) atoms. The minimum absolute atomic E-state index is 0.00427. The highest BCUT2D eigenvalue weighted by Crippen LogP contribution is 2.27. The number of non-ortho nitro benzene ring substituents is 1. The molecule has 1 aromatic heterocycles. The quantitative estimate of drug-likeness (QED) is 0.487. The molecule has 0 fully saturated rings. The number of nitrogens with zero attached hydrogens (tertiary/aromatic N) is 1. The number of nitro benzene ring substituents is 1. The van der Waals surface area contributed by atoms with Gasteiger partial charge in [0.1, 0.15) is 11.6 Å². The van der Waals surface area contributed by atoms with Crippen molar-refractivity contribution in [2.75, 3.05) is 7.11 Å². The third kappa shape index (κ3) is 2.41. The van der Waals surface area contributed by atoms with Crippen molar-refractivity contribution >= 4 is 22.6 Å². The number of carbonyl (C=O) groups is 1. The molecule has 0 saturated heterocycles. The summed E-state index contributed by atoms with van der Waals surface area (Å²) in [4.78, 5) is 24.6. The second-order valence-electron chi connectivity index (χ2n) is 4.10. The Morgan fingerprint density at radius 3 is 2.95 bits per heavy atom. The van der Waals surface area contributed by atoms with E-state index in [0.29, 0.717) is 10.9 Å². The zero-order valence-corrected chi connectivity index (χ0v) is 10.3. The summed E-state index contributed by atoms with van der Waals surface area (Å²) in [5, 5.41) is 11.6. The number of carbonyl (C=O) groups excluding carboxylic acids is 1. The van der Waals surface area contributed by atoms with E-state index >= 15 is 0 Å². The molecule has 0 radical (unpaired) electrons. The highest BCUT2D eigenvalue weighted by atomic mass is 16.6. The zero-order chi connectivity index (χ0) is 14.0. The van der Waals surface area contributed by atoms with E-state index in [1.54, 1.807) is 18.3 Å². The van der Waals surface area contributed by atoms with Crippen LogP contribution >= 0.6 is 0 Å². The number of para-hydroxylation sites is 1. The van der Waals surface area contributed by atoms with Crippen molar-refractivity contribution in [3.8, 4) is 0 Å². The van der Waals surface area contributed by atoms with Crippen molar-refractivity contribution in [3.63, 3.8) is 0 Å². The van der Waals surface area contributed by atoms with Crippen LogP contribution in [0.5, 0.6) is 0 Å². The first-order chi connectivity index (χ1) is 9.04. The van der Waals surface area contributed by atoms with Crippen molar-refractivity contribution < 1.29 is 14.5 Å². The lowest BCUT2D eigenvalue weighted by Gasteiger charge is -2.07. The molecule has 0 bridgehead atoms. The zero-order valence-electron chi connectivity index (χ0n) is 10.3. The molecule has 0 aliphatic heterocycles. The molecule has 7 heteroatoms. The highest BCUT2D eigenvalue weighted by molar-refractivity contribution is 5.91. The predicted molar refractivity (Wildman–Crippen MR) is 68.6 cm³/mol. The fourth-order valence-corrected chi connectivity index (χ4v) is 1.99. The summed E-state index contributed by atoms with van der Waals surface area (Å²) in [5.41, 5.74) is 6.86. The molecule has 1 heterocycles. The van der Waals surface area contributed by atoms with E-state index in [4.69, 9.17) is 5.73 Å². The Labute approximate surface area is 108 Å². The van der Waals surface area contributed by atoms with Crippen LogP contribution < -0.4 is 5.73 Å². The summed E-state index contributed by atoms with van der Waals surface area (Å²) in [7, 11) is 1.27. The molecule has 3 N–H and O–H groups in total. The number of hydrogen-bond donors (Lipinski definition) is 2. The van der Waals surface area contributed by atoms with Crippen LogP contribution in [0.3, 0.4) is 0 Å². The molecule has 1 aromatic carbocycles. The molecule has 0 saturated carbocycles. The smallest absolute Gasteiger partial charge is 0.322 e. The van der Waals surface area contributed by atoms with E-state index in [1.807, 2.05) is 0 Å². The Kier molecular flexibility index (Phi) is 3.48. The Morgan fingerprint density at radius 1 is 1.58 bits per heavy atom. The molecule has 0 amide bonds. The summed E-state index contributed by atoms with van der Waals surface area (Å²) in [6, 6.07) is 3.98. The Hall–Kier alpha value is -2.41. The third-order valence-electron chi connectivity index (χ3n) is 2.92. The van der Waals surface area contributed by atoms with Gasteiger partial charge < -0.3 is 15.5 Å². The number of hydrogen-bond acceptors (Lipinski definition) is 5. The number of benzene rings is 1. The number of H-pyrrole nitrogens is 1. The van der Waals surface area contributed by atoms with Gasteiger partial charge in [0.05, 0.1) is 12.0 Å². The van der Waals surface area contributed by atoms with Crippen molar-refractivity contribution in [2.24, 2.45) is 5.73 Å². The van der Waals surface area contributed by atoms with Crippen LogP contribution in [-0.2, 0) is 16.0 Å². The lowest BCUT2D eigenvalue weighted by Crippen LogP contribution is -2.33. The fourth-order valence-electron chi connectivity index (χ4n) is 1.99. The largest absolute Gasteiger partial charge is 0.468 e. The number of fused-ring (bicyclic) bond motifs is 1. The molecule has 2 rings (SSSR count). The van der Waals surface area contributed by atoms with Crippen LogP contribution in [0.15, 0.2) is 24.4 Å². The van der Waals surface area contributed by atoms with E-state index in [-0.39, 0.29) is 12.1 Å². The summed E-state index contributed by atoms with van der Waals surface area (Å²) in [5.74, 6) is -0.514. The molecular weight excluding hydrogens is 250 g/mol. The number of aromatic amines is 1. The number of nitrogens with one attached hydrogen (secondary N) is 1. The first-order valence-electron chi connectivity index (χ1n) is 5.61. The lowest BCUT2D eigenvalue weighted by molar-refractivity contribution is -0.383. The van der Waals surface area contributed by atoms with Gasteiger partial charge in [0.25, 0.3) is 5.69 Å². The average Bonchev–Trinajstić information content (AvgIpc) is 2.80. The SMILES string of the molecule is COC(=O)C(N)Cc1c[nH]c2c([N+](=O)[O-])cccc12. The average molecular weight is 263 g/mol. The Bertz CT molecular complexity index is 635. The van der Waals surface area contributed by atoms with Gasteiger partial charge in [0, 0.05) is 24.1 Å². The maximum Gasteiger partial charge on any atom is 0.322 e. The normalized spacial score (nSPS) is 12.3. The third-order valence-corrected chi connectivity index (χ3v) is 2.92. The summed E-state index contributed by atoms with van der Waals surface area (Å²) >= 11 is 0. The van der Waals surface area contributed by atoms with Crippen LogP contribution in [0.2, 0.25) is 0 Å². The van der Waals surface area contributed by atoms with Crippen LogP contribution in [0.1, 0.15) is 5.56 Å². The van der Waals surface area contributed by atoms with Crippen molar-refractivity contribution in [1.29, 1.82) is 0 Å². The first-order valence-corrected chi connectivity index (χ1v) is 5.61. The van der Waals surface area contributed by atoms with Crippen LogP contribution in [0, 0.1) is 10.1 Å². The van der Waals surface area contributed by atoms with E-state index in [1.165, 1.54) is 13.2 Å². The number of methoxy groups -OCH3 is 1. The molecule has 1 unspecified atom stereocenters. The maximum atomic E-state index is 11.3. The van der Waals surface area contributed by atoms with E-state index in [9.17, 15) is 14.9 Å². The summed E-state index contributed by atoms with van der Waals surface area (Å²) in [6.45, 7) is 0. The van der Waals surface area contributed by atoms with Gasteiger partial charge in [-0.15, -0.1) is 0 Å². The van der Waals surface area contributed by atoms with E-state index in [2.05, 4.69) is 9.72 Å². The number of ether oxygens (including phenoxy) is 1. The Morgan fingerprint density at radius 2 is 2.32 bits per heavy atom. The van der Waals surface area contributed by atoms with Gasteiger partial charge in [-0.25, -0.2) is 0 Å². The van der Waals surface area contributed by atoms with Gasteiger partial charge >= 0.3 is 5.97 Å². The summed E-state index contributed by atoms with van der Waals surface area (Å²) < 4.78 is 4.55. The molecule has 2 aromatic rings. The molecule has 100 valence electrons. The highest BCUT2D eigenvalue weighted by Gasteiger charge is 2.19. The minimum atomic E-state index is -0.789. The summed E-state index contributed by atoms with van der Waals surface area (Å²) in [6.07, 6.45) is 1.88. The minimum Gasteiger partial charge on any atom is -0.468 e. The van der Waals surface area contributed by atoms with Crippen molar-refractivity contribution in [2.45, 2.75) is 12.5 Å². The van der Waals surface area contributed by atoms with Crippen LogP contribution in [0.25, 0.3) is 10.9 Å². The number of nitrogens with two attached hydrogens (primary N) is 1. The van der Waals surface area contributed by atoms with Gasteiger partial charge in [-0.05, 0) is 5.56 Å². The topological polar surface area (TPSA) is 111 Å². The van der Waals surface area contributed by atoms with Gasteiger partial charge in [0.15, 0.2) is 0 Å². The van der Waals surface area contributed by atoms with Crippen LogP contribution in [0.4, 0.5) is 5.69 Å². The van der Waals surface area contributed by atoms with E-state index in [0.717, 1.165) is 5.56 Å².